The van der Waals surface area contributed by atoms with E-state index in [1.807, 2.05) is 0 Å². The van der Waals surface area contributed by atoms with Crippen LogP contribution in [-0.4, -0.2) is 38.7 Å². The van der Waals surface area contributed by atoms with Gasteiger partial charge in [0.05, 0.1) is 15.7 Å². The smallest absolute Gasteiger partial charge is 0.179 e. The largest absolute Gasteiger partial charge is 0.399 e. The molecule has 20 heavy (non-hydrogen) atoms. The van der Waals surface area contributed by atoms with Crippen molar-refractivity contribution in [2.45, 2.75) is 36.6 Å². The first-order chi connectivity index (χ1) is 9.40. The van der Waals surface area contributed by atoms with Gasteiger partial charge in [-0.3, -0.25) is 0 Å². The van der Waals surface area contributed by atoms with Crippen molar-refractivity contribution < 1.29 is 8.42 Å². The normalized spacial score (nSPS) is 21.0. The van der Waals surface area contributed by atoms with Gasteiger partial charge in [0.1, 0.15) is 0 Å². The van der Waals surface area contributed by atoms with Gasteiger partial charge in [-0.05, 0) is 51.1 Å². The minimum Gasteiger partial charge on any atom is -0.399 e. The van der Waals surface area contributed by atoms with Crippen LogP contribution in [0.25, 0.3) is 0 Å². The van der Waals surface area contributed by atoms with E-state index in [0.29, 0.717) is 18.2 Å². The number of sulfone groups is 1. The van der Waals surface area contributed by atoms with Crippen molar-refractivity contribution in [2.24, 2.45) is 0 Å². The Morgan fingerprint density at radius 1 is 1.40 bits per heavy atom. The molecule has 2 rings (SSSR count). The van der Waals surface area contributed by atoms with E-state index >= 15 is 0 Å². The fourth-order valence-corrected chi connectivity index (χ4v) is 4.62. The van der Waals surface area contributed by atoms with Crippen LogP contribution in [0.2, 0.25) is 5.02 Å². The molecule has 4 nitrogen and oxygen atoms in total. The molecule has 1 aromatic rings. The summed E-state index contributed by atoms with van der Waals surface area (Å²) >= 11 is 5.99. The lowest BCUT2D eigenvalue weighted by molar-refractivity contribution is 0.181. The molecule has 0 amide bonds. The van der Waals surface area contributed by atoms with Crippen LogP contribution in [0.5, 0.6) is 0 Å². The molecule has 0 radical (unpaired) electrons. The number of rotatable bonds is 4. The topological polar surface area (TPSA) is 63.4 Å². The molecule has 1 atom stereocenters. The van der Waals surface area contributed by atoms with Gasteiger partial charge in [-0.25, -0.2) is 8.42 Å². The monoisotopic (exact) mass is 316 g/mol. The summed E-state index contributed by atoms with van der Waals surface area (Å²) in [6.07, 6.45) is 4.08. The average molecular weight is 317 g/mol. The van der Waals surface area contributed by atoms with Gasteiger partial charge < -0.3 is 10.6 Å². The highest BCUT2D eigenvalue weighted by Crippen LogP contribution is 2.26. The molecule has 1 heterocycles. The van der Waals surface area contributed by atoms with E-state index in [0.717, 1.165) is 13.0 Å². The number of nitrogen functional groups attached to an aromatic ring is 1. The third-order valence-corrected chi connectivity index (χ3v) is 6.15. The molecule has 1 aliphatic heterocycles. The van der Waals surface area contributed by atoms with Crippen LogP contribution in [0.1, 0.15) is 25.7 Å². The van der Waals surface area contributed by atoms with Crippen molar-refractivity contribution in [1.29, 1.82) is 0 Å². The van der Waals surface area contributed by atoms with Crippen molar-refractivity contribution in [3.8, 4) is 0 Å². The molecule has 0 bridgehead atoms. The first kappa shape index (κ1) is 15.6. The Balaban J connectivity index is 2.09. The van der Waals surface area contributed by atoms with Gasteiger partial charge in [-0.15, -0.1) is 0 Å². The zero-order valence-corrected chi connectivity index (χ0v) is 13.3. The maximum Gasteiger partial charge on any atom is 0.179 e. The number of hydrogen-bond acceptors (Lipinski definition) is 4. The molecule has 112 valence electrons. The van der Waals surface area contributed by atoms with Crippen LogP contribution in [-0.2, 0) is 9.84 Å². The molecule has 2 N–H and O–H groups in total. The van der Waals surface area contributed by atoms with Crippen LogP contribution in [0, 0.1) is 0 Å². The number of benzene rings is 1. The van der Waals surface area contributed by atoms with Crippen molar-refractivity contribution in [3.63, 3.8) is 0 Å². The molecule has 1 saturated heterocycles. The number of piperidine rings is 1. The third kappa shape index (κ3) is 3.65. The van der Waals surface area contributed by atoms with E-state index < -0.39 is 9.84 Å². The summed E-state index contributed by atoms with van der Waals surface area (Å²) in [5, 5.41) is 0.246. The van der Waals surface area contributed by atoms with Crippen LogP contribution in [0.4, 0.5) is 5.69 Å². The first-order valence-electron chi connectivity index (χ1n) is 6.88. The Morgan fingerprint density at radius 2 is 2.15 bits per heavy atom. The lowest BCUT2D eigenvalue weighted by Gasteiger charge is -2.32. The summed E-state index contributed by atoms with van der Waals surface area (Å²) in [6.45, 7) is 1.05. The number of nitrogens with zero attached hydrogens (tertiary/aromatic N) is 1. The average Bonchev–Trinajstić information content (AvgIpc) is 2.40. The van der Waals surface area contributed by atoms with Gasteiger partial charge in [0.15, 0.2) is 9.84 Å². The molecule has 1 aromatic carbocycles. The van der Waals surface area contributed by atoms with E-state index in [9.17, 15) is 8.42 Å². The lowest BCUT2D eigenvalue weighted by atomic mass is 10.0. The van der Waals surface area contributed by atoms with E-state index in [1.54, 1.807) is 6.07 Å². The van der Waals surface area contributed by atoms with E-state index in [2.05, 4.69) is 11.9 Å². The second-order valence-electron chi connectivity index (χ2n) is 5.43. The summed E-state index contributed by atoms with van der Waals surface area (Å²) in [5.41, 5.74) is 6.07. The number of halogens is 1. The summed E-state index contributed by atoms with van der Waals surface area (Å²) in [4.78, 5) is 2.40. The van der Waals surface area contributed by atoms with Crippen molar-refractivity contribution in [1.82, 2.24) is 4.90 Å². The van der Waals surface area contributed by atoms with Gasteiger partial charge in [0, 0.05) is 11.7 Å². The Hall–Kier alpha value is -0.780. The number of likely N-dealkylation sites (tertiary alicyclic amines) is 1. The zero-order chi connectivity index (χ0) is 14.8. The molecular weight excluding hydrogens is 296 g/mol. The van der Waals surface area contributed by atoms with Gasteiger partial charge >= 0.3 is 0 Å². The Morgan fingerprint density at radius 3 is 2.85 bits per heavy atom. The second-order valence-corrected chi connectivity index (χ2v) is 7.91. The maximum absolute atomic E-state index is 12.4. The molecular formula is C14H21ClN2O2S. The highest BCUT2D eigenvalue weighted by molar-refractivity contribution is 7.91. The number of nitrogens with two attached hydrogens (primary N) is 1. The maximum atomic E-state index is 12.4. The first-order valence-corrected chi connectivity index (χ1v) is 8.91. The van der Waals surface area contributed by atoms with E-state index in [4.69, 9.17) is 17.3 Å². The predicted octanol–water partition coefficient (Wildman–Crippen LogP) is 2.57. The predicted molar refractivity (Wildman–Crippen MR) is 82.8 cm³/mol. The van der Waals surface area contributed by atoms with Gasteiger partial charge in [0.2, 0.25) is 0 Å². The standard InChI is InChI=1S/C14H21ClN2O2S/c1-17-8-3-2-4-12(17)7-9-20(18,19)14-10-11(16)5-6-13(14)15/h5-6,10,12H,2-4,7-9,16H2,1H3. The van der Waals surface area contributed by atoms with Crippen LogP contribution in [0.15, 0.2) is 23.1 Å². The highest BCUT2D eigenvalue weighted by Gasteiger charge is 2.24. The summed E-state index contributed by atoms with van der Waals surface area (Å²) in [5.74, 6) is 0.116. The van der Waals surface area contributed by atoms with E-state index in [-0.39, 0.29) is 15.7 Å². The molecule has 0 aromatic heterocycles. The fourth-order valence-electron chi connectivity index (χ4n) is 2.67. The van der Waals surface area contributed by atoms with Gasteiger partial charge in [0.25, 0.3) is 0 Å². The molecule has 1 aliphatic rings. The van der Waals surface area contributed by atoms with Gasteiger partial charge in [-0.2, -0.15) is 0 Å². The van der Waals surface area contributed by atoms with Crippen LogP contribution >= 0.6 is 11.6 Å². The molecule has 0 spiro atoms. The van der Waals surface area contributed by atoms with Crippen LogP contribution < -0.4 is 5.73 Å². The molecule has 0 aliphatic carbocycles. The number of hydrogen-bond donors (Lipinski definition) is 1. The van der Waals surface area contributed by atoms with Crippen molar-refractivity contribution in [3.05, 3.63) is 23.2 Å². The third-order valence-electron chi connectivity index (χ3n) is 3.93. The summed E-state index contributed by atoms with van der Waals surface area (Å²) in [6, 6.07) is 4.94. The second kappa shape index (κ2) is 6.33. The Bertz CT molecular complexity index is 575. The molecule has 0 saturated carbocycles. The zero-order valence-electron chi connectivity index (χ0n) is 11.7. The van der Waals surface area contributed by atoms with Crippen molar-refractivity contribution >= 4 is 27.1 Å². The minimum absolute atomic E-state index is 0.116. The summed E-state index contributed by atoms with van der Waals surface area (Å²) in [7, 11) is -1.32. The SMILES string of the molecule is CN1CCCCC1CCS(=O)(=O)c1cc(N)ccc1Cl. The Labute approximate surface area is 125 Å². The van der Waals surface area contributed by atoms with E-state index in [1.165, 1.54) is 25.0 Å². The Kier molecular flexibility index (Phi) is 4.94. The number of anilines is 1. The quantitative estimate of drug-likeness (QED) is 0.867. The lowest BCUT2D eigenvalue weighted by Crippen LogP contribution is -2.37. The highest BCUT2D eigenvalue weighted by atomic mass is 35.5. The minimum atomic E-state index is -3.37. The molecule has 1 fully saturated rings. The molecule has 6 heteroatoms. The molecule has 1 unspecified atom stereocenters. The van der Waals surface area contributed by atoms with Crippen molar-refractivity contribution in [2.75, 3.05) is 25.1 Å². The van der Waals surface area contributed by atoms with Crippen LogP contribution in [0.3, 0.4) is 0 Å². The summed E-state index contributed by atoms with van der Waals surface area (Å²) < 4.78 is 24.8. The van der Waals surface area contributed by atoms with Gasteiger partial charge in [-0.1, -0.05) is 18.0 Å². The fraction of sp³-hybridized carbons (Fsp3) is 0.571.